The molecule has 94 valence electrons. The molecule has 0 saturated carbocycles. The molecule has 0 N–H and O–H groups in total. The number of ketones is 1. The molecule has 2 nitrogen and oxygen atoms in total. The summed E-state index contributed by atoms with van der Waals surface area (Å²) in [6, 6.07) is 5.83. The predicted octanol–water partition coefficient (Wildman–Crippen LogP) is 4.15. The summed E-state index contributed by atoms with van der Waals surface area (Å²) in [6.07, 6.45) is 1.23. The molecule has 0 unspecified atom stereocenters. The molecule has 17 heavy (non-hydrogen) atoms. The lowest BCUT2D eigenvalue weighted by atomic mass is 9.97. The van der Waals surface area contributed by atoms with Crippen molar-refractivity contribution in [3.63, 3.8) is 0 Å². The highest BCUT2D eigenvalue weighted by molar-refractivity contribution is 9.10. The van der Waals surface area contributed by atoms with Gasteiger partial charge < -0.3 is 4.74 Å². The highest BCUT2D eigenvalue weighted by Crippen LogP contribution is 2.23. The Morgan fingerprint density at radius 2 is 2.06 bits per heavy atom. The number of Topliss-reactive ketones (excluding diaryl/α,β-unsaturated/α-hetero) is 1. The maximum atomic E-state index is 12.1. The second-order valence-corrected chi connectivity index (χ2v) is 5.72. The minimum absolute atomic E-state index is 0.158. The SMILES string of the molecule is COC(C)(C)CCC(=O)c1cc(C)ccc1Br. The molecular formula is C14H19BrO2. The molecule has 0 heterocycles. The van der Waals surface area contributed by atoms with E-state index in [2.05, 4.69) is 15.9 Å². The monoisotopic (exact) mass is 298 g/mol. The predicted molar refractivity (Wildman–Crippen MR) is 73.5 cm³/mol. The lowest BCUT2D eigenvalue weighted by molar-refractivity contribution is 0.0141. The van der Waals surface area contributed by atoms with Gasteiger partial charge in [-0.3, -0.25) is 4.79 Å². The van der Waals surface area contributed by atoms with E-state index in [1.165, 1.54) is 0 Å². The van der Waals surface area contributed by atoms with Crippen LogP contribution in [0.4, 0.5) is 0 Å². The normalized spacial score (nSPS) is 11.6. The number of rotatable bonds is 5. The molecule has 3 heteroatoms. The van der Waals surface area contributed by atoms with Crippen molar-refractivity contribution in [3.05, 3.63) is 33.8 Å². The molecule has 0 aromatic heterocycles. The van der Waals surface area contributed by atoms with E-state index in [0.717, 1.165) is 22.0 Å². The van der Waals surface area contributed by atoms with Gasteiger partial charge in [0.25, 0.3) is 0 Å². The van der Waals surface area contributed by atoms with Crippen LogP contribution in [0, 0.1) is 6.92 Å². The molecule has 1 rings (SSSR count). The molecule has 0 radical (unpaired) electrons. The first-order chi connectivity index (χ1) is 7.85. The van der Waals surface area contributed by atoms with Crippen LogP contribution in [-0.2, 0) is 4.74 Å². The number of hydrogen-bond acceptors (Lipinski definition) is 2. The fraction of sp³-hybridized carbons (Fsp3) is 0.500. The van der Waals surface area contributed by atoms with E-state index in [4.69, 9.17) is 4.74 Å². The number of hydrogen-bond donors (Lipinski definition) is 0. The molecule has 0 fully saturated rings. The van der Waals surface area contributed by atoms with Gasteiger partial charge in [0.05, 0.1) is 5.60 Å². The van der Waals surface area contributed by atoms with Crippen molar-refractivity contribution in [2.45, 2.75) is 39.2 Å². The van der Waals surface area contributed by atoms with Gasteiger partial charge in [-0.2, -0.15) is 0 Å². The minimum atomic E-state index is -0.244. The Labute approximate surface area is 111 Å². The second kappa shape index (κ2) is 5.78. The average Bonchev–Trinajstić information content (AvgIpc) is 2.29. The minimum Gasteiger partial charge on any atom is -0.379 e. The molecule has 1 aromatic rings. The van der Waals surface area contributed by atoms with E-state index >= 15 is 0 Å². The smallest absolute Gasteiger partial charge is 0.164 e. The Kier molecular flexibility index (Phi) is 4.90. The fourth-order valence-corrected chi connectivity index (χ4v) is 1.97. The van der Waals surface area contributed by atoms with Crippen LogP contribution in [0.2, 0.25) is 0 Å². The largest absolute Gasteiger partial charge is 0.379 e. The third kappa shape index (κ3) is 4.25. The highest BCUT2D eigenvalue weighted by atomic mass is 79.9. The van der Waals surface area contributed by atoms with Gasteiger partial charge in [0.15, 0.2) is 5.78 Å². The summed E-state index contributed by atoms with van der Waals surface area (Å²) >= 11 is 3.42. The van der Waals surface area contributed by atoms with Crippen LogP contribution < -0.4 is 0 Å². The molecule has 0 atom stereocenters. The molecule has 0 amide bonds. The second-order valence-electron chi connectivity index (χ2n) is 4.87. The third-order valence-corrected chi connectivity index (χ3v) is 3.62. The number of ether oxygens (including phenoxy) is 1. The molecule has 0 bridgehead atoms. The number of halogens is 1. The van der Waals surface area contributed by atoms with E-state index in [1.54, 1.807) is 7.11 Å². The van der Waals surface area contributed by atoms with E-state index < -0.39 is 0 Å². The van der Waals surface area contributed by atoms with Crippen LogP contribution in [0.5, 0.6) is 0 Å². The Hall–Kier alpha value is -0.670. The topological polar surface area (TPSA) is 26.3 Å². The zero-order chi connectivity index (χ0) is 13.1. The molecule has 0 saturated heterocycles. The Balaban J connectivity index is 2.74. The number of carbonyl (C=O) groups is 1. The van der Waals surface area contributed by atoms with E-state index in [9.17, 15) is 4.79 Å². The van der Waals surface area contributed by atoms with Crippen LogP contribution >= 0.6 is 15.9 Å². The van der Waals surface area contributed by atoms with Gasteiger partial charge in [-0.15, -0.1) is 0 Å². The Morgan fingerprint density at radius 3 is 2.65 bits per heavy atom. The molecule has 0 spiro atoms. The zero-order valence-corrected chi connectivity index (χ0v) is 12.4. The zero-order valence-electron chi connectivity index (χ0n) is 10.8. The number of carbonyl (C=O) groups excluding carboxylic acids is 1. The average molecular weight is 299 g/mol. The number of methoxy groups -OCH3 is 1. The summed E-state index contributed by atoms with van der Waals surface area (Å²) in [4.78, 5) is 12.1. The Morgan fingerprint density at radius 1 is 1.41 bits per heavy atom. The van der Waals surface area contributed by atoms with E-state index in [0.29, 0.717) is 6.42 Å². The van der Waals surface area contributed by atoms with Crippen LogP contribution in [0.15, 0.2) is 22.7 Å². The molecule has 0 aliphatic rings. The molecule has 1 aromatic carbocycles. The van der Waals surface area contributed by atoms with E-state index in [1.807, 2.05) is 39.0 Å². The van der Waals surface area contributed by atoms with Crippen molar-refractivity contribution < 1.29 is 9.53 Å². The third-order valence-electron chi connectivity index (χ3n) is 2.93. The van der Waals surface area contributed by atoms with Crippen molar-refractivity contribution >= 4 is 21.7 Å². The van der Waals surface area contributed by atoms with Gasteiger partial charge in [0, 0.05) is 23.6 Å². The molecular weight excluding hydrogens is 280 g/mol. The molecule has 0 aliphatic heterocycles. The van der Waals surface area contributed by atoms with Crippen molar-refractivity contribution in [1.29, 1.82) is 0 Å². The first kappa shape index (κ1) is 14.4. The summed E-state index contributed by atoms with van der Waals surface area (Å²) in [7, 11) is 1.67. The fourth-order valence-electron chi connectivity index (χ4n) is 1.50. The maximum Gasteiger partial charge on any atom is 0.164 e. The summed E-state index contributed by atoms with van der Waals surface area (Å²) in [5.74, 6) is 0.158. The lowest BCUT2D eigenvalue weighted by Crippen LogP contribution is -2.23. The molecule has 0 aliphatic carbocycles. The summed E-state index contributed by atoms with van der Waals surface area (Å²) < 4.78 is 6.18. The van der Waals surface area contributed by atoms with Crippen molar-refractivity contribution in [3.8, 4) is 0 Å². The standard InChI is InChI=1S/C14H19BrO2/c1-10-5-6-12(15)11(9-10)13(16)7-8-14(2,3)17-4/h5-6,9H,7-8H2,1-4H3. The van der Waals surface area contributed by atoms with Gasteiger partial charge in [0.2, 0.25) is 0 Å². The van der Waals surface area contributed by atoms with Crippen molar-refractivity contribution in [2.24, 2.45) is 0 Å². The summed E-state index contributed by atoms with van der Waals surface area (Å²) in [6.45, 7) is 5.97. The first-order valence-corrected chi connectivity index (χ1v) is 6.49. The first-order valence-electron chi connectivity index (χ1n) is 5.70. The van der Waals surface area contributed by atoms with Gasteiger partial charge in [-0.05, 0) is 39.3 Å². The van der Waals surface area contributed by atoms with Crippen LogP contribution in [0.1, 0.15) is 42.6 Å². The van der Waals surface area contributed by atoms with Gasteiger partial charge in [-0.25, -0.2) is 0 Å². The van der Waals surface area contributed by atoms with Gasteiger partial charge in [0.1, 0.15) is 0 Å². The van der Waals surface area contributed by atoms with Crippen LogP contribution in [0.25, 0.3) is 0 Å². The van der Waals surface area contributed by atoms with Crippen molar-refractivity contribution in [1.82, 2.24) is 0 Å². The summed E-state index contributed by atoms with van der Waals surface area (Å²) in [5.41, 5.74) is 1.62. The number of benzene rings is 1. The highest BCUT2D eigenvalue weighted by Gasteiger charge is 2.19. The lowest BCUT2D eigenvalue weighted by Gasteiger charge is -2.22. The Bertz CT molecular complexity index is 411. The van der Waals surface area contributed by atoms with Crippen LogP contribution in [0.3, 0.4) is 0 Å². The van der Waals surface area contributed by atoms with Crippen molar-refractivity contribution in [2.75, 3.05) is 7.11 Å². The van der Waals surface area contributed by atoms with Gasteiger partial charge in [-0.1, -0.05) is 27.6 Å². The van der Waals surface area contributed by atoms with Gasteiger partial charge >= 0.3 is 0 Å². The maximum absolute atomic E-state index is 12.1. The van der Waals surface area contributed by atoms with E-state index in [-0.39, 0.29) is 11.4 Å². The summed E-state index contributed by atoms with van der Waals surface area (Å²) in [5, 5.41) is 0. The quantitative estimate of drug-likeness (QED) is 0.764. The van der Waals surface area contributed by atoms with Crippen LogP contribution in [-0.4, -0.2) is 18.5 Å². The number of aryl methyl sites for hydroxylation is 1.